The molecule has 0 bridgehead atoms. The monoisotopic (exact) mass is 335 g/mol. The van der Waals surface area contributed by atoms with Crippen LogP contribution in [0.15, 0.2) is 18.2 Å². The second kappa shape index (κ2) is 8.54. The minimum Gasteiger partial charge on any atom is -0.497 e. The van der Waals surface area contributed by atoms with Crippen LogP contribution in [0.2, 0.25) is 0 Å². The van der Waals surface area contributed by atoms with Crippen molar-refractivity contribution in [2.75, 3.05) is 34.4 Å². The molecule has 1 atom stereocenters. The maximum absolute atomic E-state index is 11.8. The predicted molar refractivity (Wildman–Crippen MR) is 90.3 cm³/mol. The van der Waals surface area contributed by atoms with Crippen LogP contribution in [0.3, 0.4) is 0 Å². The fourth-order valence-corrected chi connectivity index (χ4v) is 3.04. The normalized spacial score (nSPS) is 17.4. The van der Waals surface area contributed by atoms with Crippen LogP contribution in [0.1, 0.15) is 30.9 Å². The van der Waals surface area contributed by atoms with Crippen molar-refractivity contribution in [1.29, 1.82) is 0 Å². The van der Waals surface area contributed by atoms with Crippen LogP contribution in [0, 0.1) is 0 Å². The highest BCUT2D eigenvalue weighted by Crippen LogP contribution is 2.38. The van der Waals surface area contributed by atoms with Crippen molar-refractivity contribution in [3.8, 4) is 11.5 Å². The Kier molecular flexibility index (Phi) is 6.43. The van der Waals surface area contributed by atoms with Crippen molar-refractivity contribution in [1.82, 2.24) is 15.5 Å². The zero-order valence-corrected chi connectivity index (χ0v) is 14.4. The van der Waals surface area contributed by atoms with Gasteiger partial charge in [0.1, 0.15) is 11.5 Å². The molecule has 0 saturated carbocycles. The number of amides is 3. The number of nitrogens with zero attached hydrogens (tertiary/aromatic N) is 1. The van der Waals surface area contributed by atoms with E-state index in [1.54, 1.807) is 14.2 Å². The van der Waals surface area contributed by atoms with E-state index >= 15 is 0 Å². The van der Waals surface area contributed by atoms with Gasteiger partial charge in [-0.3, -0.25) is 15.0 Å². The lowest BCUT2D eigenvalue weighted by Gasteiger charge is -2.26. The molecular weight excluding hydrogens is 310 g/mol. The summed E-state index contributed by atoms with van der Waals surface area (Å²) in [4.78, 5) is 25.2. The summed E-state index contributed by atoms with van der Waals surface area (Å²) in [5.41, 5.74) is 1.10. The van der Waals surface area contributed by atoms with Crippen LogP contribution in [0.5, 0.6) is 11.5 Å². The summed E-state index contributed by atoms with van der Waals surface area (Å²) in [7, 11) is 4.75. The maximum Gasteiger partial charge on any atom is 0.321 e. The van der Waals surface area contributed by atoms with Gasteiger partial charge in [0.15, 0.2) is 0 Å². The number of hydrogen-bond donors (Lipinski definition) is 2. The number of carbonyl (C=O) groups excluding carboxylic acids is 2. The van der Waals surface area contributed by atoms with Gasteiger partial charge in [-0.1, -0.05) is 6.07 Å². The molecule has 7 nitrogen and oxygen atoms in total. The lowest BCUT2D eigenvalue weighted by Crippen LogP contribution is -2.39. The van der Waals surface area contributed by atoms with E-state index in [-0.39, 0.29) is 18.4 Å². The summed E-state index contributed by atoms with van der Waals surface area (Å²) < 4.78 is 10.7. The van der Waals surface area contributed by atoms with Crippen molar-refractivity contribution in [3.63, 3.8) is 0 Å². The van der Waals surface area contributed by atoms with Gasteiger partial charge < -0.3 is 14.8 Å². The van der Waals surface area contributed by atoms with Gasteiger partial charge in [-0.15, -0.1) is 0 Å². The molecule has 0 radical (unpaired) electrons. The molecule has 7 heteroatoms. The number of likely N-dealkylation sites (tertiary alicyclic amines) is 1. The van der Waals surface area contributed by atoms with E-state index in [0.717, 1.165) is 36.4 Å². The molecule has 1 aromatic rings. The lowest BCUT2D eigenvalue weighted by atomic mass is 10.0. The third kappa shape index (κ3) is 4.38. The summed E-state index contributed by atoms with van der Waals surface area (Å²) in [6.45, 7) is 1.52. The maximum atomic E-state index is 11.8. The first-order chi connectivity index (χ1) is 11.6. The predicted octanol–water partition coefficient (Wildman–Crippen LogP) is 1.69. The van der Waals surface area contributed by atoms with Gasteiger partial charge in [0.2, 0.25) is 5.91 Å². The number of imide groups is 1. The second-order valence-corrected chi connectivity index (χ2v) is 5.68. The van der Waals surface area contributed by atoms with E-state index in [4.69, 9.17) is 9.47 Å². The van der Waals surface area contributed by atoms with E-state index in [0.29, 0.717) is 6.54 Å². The first kappa shape index (κ1) is 18.1. The lowest BCUT2D eigenvalue weighted by molar-refractivity contribution is -0.120. The van der Waals surface area contributed by atoms with Crippen LogP contribution < -0.4 is 20.1 Å². The number of hydrogen-bond acceptors (Lipinski definition) is 5. The number of methoxy groups -OCH3 is 2. The van der Waals surface area contributed by atoms with E-state index in [2.05, 4.69) is 15.5 Å². The van der Waals surface area contributed by atoms with Gasteiger partial charge in [0.05, 0.1) is 14.2 Å². The number of carbonyl (C=O) groups is 2. The number of ether oxygens (including phenoxy) is 2. The Morgan fingerprint density at radius 1 is 1.29 bits per heavy atom. The van der Waals surface area contributed by atoms with Crippen molar-refractivity contribution in [2.45, 2.75) is 25.3 Å². The molecule has 0 aromatic heterocycles. The zero-order valence-electron chi connectivity index (χ0n) is 14.4. The molecule has 1 unspecified atom stereocenters. The van der Waals surface area contributed by atoms with Crippen molar-refractivity contribution < 1.29 is 19.1 Å². The molecule has 1 aliphatic heterocycles. The number of nitrogens with one attached hydrogen (secondary N) is 2. The first-order valence-electron chi connectivity index (χ1n) is 8.06. The quantitative estimate of drug-likeness (QED) is 0.827. The first-order valence-corrected chi connectivity index (χ1v) is 8.06. The SMILES string of the molecule is CNC(=O)NC(=O)CCN1CCCC1c1ccc(OC)cc1OC. The molecule has 1 heterocycles. The molecule has 2 rings (SSSR count). The fourth-order valence-electron chi connectivity index (χ4n) is 3.04. The van der Waals surface area contributed by atoms with Crippen LogP contribution in [0.4, 0.5) is 4.79 Å². The fraction of sp³-hybridized carbons (Fsp3) is 0.529. The molecule has 1 saturated heterocycles. The molecule has 0 aliphatic carbocycles. The summed E-state index contributed by atoms with van der Waals surface area (Å²) in [5, 5.41) is 4.66. The summed E-state index contributed by atoms with van der Waals surface area (Å²) in [6, 6.07) is 5.55. The number of benzene rings is 1. The van der Waals surface area contributed by atoms with Crippen molar-refractivity contribution >= 4 is 11.9 Å². The average molecular weight is 335 g/mol. The molecule has 24 heavy (non-hydrogen) atoms. The smallest absolute Gasteiger partial charge is 0.321 e. The largest absolute Gasteiger partial charge is 0.497 e. The minimum atomic E-state index is -0.477. The van der Waals surface area contributed by atoms with Crippen LogP contribution in [-0.2, 0) is 4.79 Å². The van der Waals surface area contributed by atoms with Crippen LogP contribution >= 0.6 is 0 Å². The molecule has 3 amide bonds. The van der Waals surface area contributed by atoms with Gasteiger partial charge in [0.25, 0.3) is 0 Å². The van der Waals surface area contributed by atoms with Gasteiger partial charge >= 0.3 is 6.03 Å². The Bertz CT molecular complexity index is 591. The Morgan fingerprint density at radius 3 is 2.75 bits per heavy atom. The summed E-state index contributed by atoms with van der Waals surface area (Å²) in [6.07, 6.45) is 2.36. The Balaban J connectivity index is 2.02. The van der Waals surface area contributed by atoms with Crippen LogP contribution in [-0.4, -0.2) is 51.2 Å². The van der Waals surface area contributed by atoms with E-state index in [1.807, 2.05) is 18.2 Å². The minimum absolute atomic E-state index is 0.207. The molecule has 132 valence electrons. The summed E-state index contributed by atoms with van der Waals surface area (Å²) >= 11 is 0. The highest BCUT2D eigenvalue weighted by Gasteiger charge is 2.28. The molecule has 1 aromatic carbocycles. The Labute approximate surface area is 142 Å². The third-order valence-corrected chi connectivity index (χ3v) is 4.27. The Hall–Kier alpha value is -2.28. The van der Waals surface area contributed by atoms with Gasteiger partial charge in [-0.25, -0.2) is 4.79 Å². The third-order valence-electron chi connectivity index (χ3n) is 4.27. The van der Waals surface area contributed by atoms with E-state index in [1.165, 1.54) is 7.05 Å². The topological polar surface area (TPSA) is 79.9 Å². The highest BCUT2D eigenvalue weighted by molar-refractivity contribution is 5.94. The average Bonchev–Trinajstić information content (AvgIpc) is 3.07. The summed E-state index contributed by atoms with van der Waals surface area (Å²) in [5.74, 6) is 1.27. The molecule has 0 spiro atoms. The zero-order chi connectivity index (χ0) is 17.5. The molecule has 1 fully saturated rings. The van der Waals surface area contributed by atoms with Gasteiger partial charge in [0, 0.05) is 37.7 Å². The van der Waals surface area contributed by atoms with Crippen molar-refractivity contribution in [2.24, 2.45) is 0 Å². The van der Waals surface area contributed by atoms with E-state index in [9.17, 15) is 9.59 Å². The molecular formula is C17H25N3O4. The number of rotatable bonds is 6. The van der Waals surface area contributed by atoms with Crippen molar-refractivity contribution in [3.05, 3.63) is 23.8 Å². The standard InChI is InChI=1S/C17H25N3O4/c1-18-17(22)19-16(21)8-10-20-9-4-5-14(20)13-7-6-12(23-2)11-15(13)24-3/h6-7,11,14H,4-5,8-10H2,1-3H3,(H2,18,19,21,22). The second-order valence-electron chi connectivity index (χ2n) is 5.68. The Morgan fingerprint density at radius 2 is 2.08 bits per heavy atom. The van der Waals surface area contributed by atoms with Crippen LogP contribution in [0.25, 0.3) is 0 Å². The molecule has 1 aliphatic rings. The molecule has 2 N–H and O–H groups in total. The highest BCUT2D eigenvalue weighted by atomic mass is 16.5. The van der Waals surface area contributed by atoms with E-state index < -0.39 is 6.03 Å². The van der Waals surface area contributed by atoms with Gasteiger partial charge in [-0.2, -0.15) is 0 Å². The number of urea groups is 1. The van der Waals surface area contributed by atoms with Gasteiger partial charge in [-0.05, 0) is 25.5 Å².